The molecule has 0 fully saturated rings. The topological polar surface area (TPSA) is 93.1 Å². The molecule has 0 unspecified atom stereocenters. The highest BCUT2D eigenvalue weighted by Gasteiger charge is 2.14. The highest BCUT2D eigenvalue weighted by atomic mass is 16.5. The molecule has 6 nitrogen and oxygen atoms in total. The van der Waals surface area contributed by atoms with Crippen LogP contribution in [0.2, 0.25) is 0 Å². The second-order valence-electron chi connectivity index (χ2n) is 7.89. The molecule has 0 heterocycles. The standard InChI is InChI=1S/C27H32O6/c1-4-5-6-7-21-8-10-22(11-9-21)12-13-23-14-24(32-26(30)19(2)17-28)16-25(15-23)33-27(31)20(3)18-29/h8-11,14-16,28-29H,2-7,12-13,17-18H2,1H3. The Morgan fingerprint density at radius 3 is 1.64 bits per heavy atom. The predicted octanol–water partition coefficient (Wildman–Crippen LogP) is 4.11. The van der Waals surface area contributed by atoms with Gasteiger partial charge in [0, 0.05) is 6.07 Å². The summed E-state index contributed by atoms with van der Waals surface area (Å²) >= 11 is 0. The van der Waals surface area contributed by atoms with Gasteiger partial charge in [0.25, 0.3) is 0 Å². The van der Waals surface area contributed by atoms with Gasteiger partial charge in [0.15, 0.2) is 0 Å². The molecule has 0 atom stereocenters. The van der Waals surface area contributed by atoms with Crippen LogP contribution in [-0.4, -0.2) is 35.4 Å². The van der Waals surface area contributed by atoms with E-state index in [2.05, 4.69) is 44.3 Å². The average molecular weight is 453 g/mol. The molecule has 0 aliphatic heterocycles. The molecule has 33 heavy (non-hydrogen) atoms. The average Bonchev–Trinajstić information content (AvgIpc) is 2.82. The van der Waals surface area contributed by atoms with Crippen molar-refractivity contribution >= 4 is 11.9 Å². The molecule has 0 bridgehead atoms. The van der Waals surface area contributed by atoms with E-state index in [1.807, 2.05) is 0 Å². The van der Waals surface area contributed by atoms with E-state index in [1.54, 1.807) is 12.1 Å². The number of unbranched alkanes of at least 4 members (excludes halogenated alkanes) is 2. The maximum absolute atomic E-state index is 12.0. The van der Waals surface area contributed by atoms with Gasteiger partial charge in [-0.25, -0.2) is 9.59 Å². The van der Waals surface area contributed by atoms with Crippen LogP contribution in [0.4, 0.5) is 0 Å². The van der Waals surface area contributed by atoms with Gasteiger partial charge < -0.3 is 19.7 Å². The fourth-order valence-corrected chi connectivity index (χ4v) is 3.12. The summed E-state index contributed by atoms with van der Waals surface area (Å²) in [5, 5.41) is 18.2. The van der Waals surface area contributed by atoms with Gasteiger partial charge in [-0.2, -0.15) is 0 Å². The lowest BCUT2D eigenvalue weighted by Gasteiger charge is -2.12. The van der Waals surface area contributed by atoms with Crippen LogP contribution in [0.3, 0.4) is 0 Å². The first-order valence-corrected chi connectivity index (χ1v) is 11.1. The van der Waals surface area contributed by atoms with Crippen LogP contribution in [0.1, 0.15) is 42.9 Å². The van der Waals surface area contributed by atoms with E-state index in [0.717, 1.165) is 24.0 Å². The fraction of sp³-hybridized carbons (Fsp3) is 0.333. The molecule has 176 valence electrons. The summed E-state index contributed by atoms with van der Waals surface area (Å²) in [6.45, 7) is 8.05. The van der Waals surface area contributed by atoms with Gasteiger partial charge >= 0.3 is 11.9 Å². The Hall–Kier alpha value is -3.22. The minimum atomic E-state index is -0.773. The molecule has 0 aliphatic carbocycles. The first kappa shape index (κ1) is 26.0. The van der Waals surface area contributed by atoms with Gasteiger partial charge in [-0.15, -0.1) is 0 Å². The first-order valence-electron chi connectivity index (χ1n) is 11.1. The second-order valence-corrected chi connectivity index (χ2v) is 7.89. The quantitative estimate of drug-likeness (QED) is 0.206. The number of benzene rings is 2. The van der Waals surface area contributed by atoms with Crippen LogP contribution in [0, 0.1) is 0 Å². The highest BCUT2D eigenvalue weighted by Crippen LogP contribution is 2.25. The molecule has 0 radical (unpaired) electrons. The molecule has 6 heteroatoms. The summed E-state index contributed by atoms with van der Waals surface area (Å²) in [5.41, 5.74) is 3.10. The van der Waals surface area contributed by atoms with Gasteiger partial charge in [0.2, 0.25) is 0 Å². The van der Waals surface area contributed by atoms with Crippen LogP contribution >= 0.6 is 0 Å². The molecule has 0 aromatic heterocycles. The third-order valence-electron chi connectivity index (χ3n) is 5.11. The summed E-state index contributed by atoms with van der Waals surface area (Å²) in [6, 6.07) is 13.3. The van der Waals surface area contributed by atoms with Crippen LogP contribution in [0.15, 0.2) is 66.8 Å². The predicted molar refractivity (Wildman–Crippen MR) is 127 cm³/mol. The van der Waals surface area contributed by atoms with Gasteiger partial charge in [0.05, 0.1) is 24.4 Å². The largest absolute Gasteiger partial charge is 0.423 e. The third kappa shape index (κ3) is 8.67. The monoisotopic (exact) mass is 452 g/mol. The molecule has 2 rings (SSSR count). The van der Waals surface area contributed by atoms with E-state index in [9.17, 15) is 9.59 Å². The Labute approximate surface area is 195 Å². The van der Waals surface area contributed by atoms with Crippen molar-refractivity contribution in [1.29, 1.82) is 0 Å². The Kier molecular flexibility index (Phi) is 10.5. The minimum absolute atomic E-state index is 0.0911. The maximum atomic E-state index is 12.0. The summed E-state index contributed by atoms with van der Waals surface area (Å²) < 4.78 is 10.5. The smallest absolute Gasteiger partial charge is 0.341 e. The number of aryl methyl sites for hydroxylation is 3. The number of carbonyl (C=O) groups excluding carboxylic acids is 2. The number of aliphatic hydroxyl groups is 2. The van der Waals surface area contributed by atoms with E-state index in [0.29, 0.717) is 6.42 Å². The molecule has 0 spiro atoms. The van der Waals surface area contributed by atoms with Crippen molar-refractivity contribution in [2.24, 2.45) is 0 Å². The second kappa shape index (κ2) is 13.4. The van der Waals surface area contributed by atoms with Crippen molar-refractivity contribution in [3.8, 4) is 11.5 Å². The van der Waals surface area contributed by atoms with Gasteiger partial charge in [-0.05, 0) is 54.5 Å². The molecule has 0 saturated carbocycles. The number of hydrogen-bond donors (Lipinski definition) is 2. The molecule has 2 aromatic rings. The van der Waals surface area contributed by atoms with Crippen molar-refractivity contribution in [1.82, 2.24) is 0 Å². The number of esters is 2. The first-order chi connectivity index (χ1) is 15.9. The minimum Gasteiger partial charge on any atom is -0.423 e. The molecular formula is C27H32O6. The SMILES string of the molecule is C=C(CO)C(=O)Oc1cc(CCc2ccc(CCCCC)cc2)cc(OC(=O)C(=C)CO)c1. The third-order valence-corrected chi connectivity index (χ3v) is 5.11. The van der Waals surface area contributed by atoms with Crippen LogP contribution in [0.5, 0.6) is 11.5 Å². The molecular weight excluding hydrogens is 420 g/mol. The van der Waals surface area contributed by atoms with Crippen molar-refractivity contribution in [2.45, 2.75) is 45.4 Å². The molecule has 2 aromatic carbocycles. The Morgan fingerprint density at radius 1 is 0.727 bits per heavy atom. The summed E-state index contributed by atoms with van der Waals surface area (Å²) in [5.74, 6) is -1.22. The van der Waals surface area contributed by atoms with Crippen molar-refractivity contribution in [3.05, 3.63) is 83.5 Å². The number of ether oxygens (including phenoxy) is 2. The Morgan fingerprint density at radius 2 is 1.18 bits per heavy atom. The molecule has 0 amide bonds. The Bertz CT molecular complexity index is 926. The van der Waals surface area contributed by atoms with Gasteiger partial charge in [0.1, 0.15) is 11.5 Å². The molecule has 2 N–H and O–H groups in total. The van der Waals surface area contributed by atoms with Crippen molar-refractivity contribution in [3.63, 3.8) is 0 Å². The summed E-state index contributed by atoms with van der Waals surface area (Å²) in [4.78, 5) is 24.0. The lowest BCUT2D eigenvalue weighted by atomic mass is 10.0. The Balaban J connectivity index is 2.14. The van der Waals surface area contributed by atoms with Crippen LogP contribution in [-0.2, 0) is 28.9 Å². The normalized spacial score (nSPS) is 10.5. The zero-order valence-corrected chi connectivity index (χ0v) is 19.1. The van der Waals surface area contributed by atoms with Crippen molar-refractivity contribution < 1.29 is 29.3 Å². The summed E-state index contributed by atoms with van der Waals surface area (Å²) in [7, 11) is 0. The fourth-order valence-electron chi connectivity index (χ4n) is 3.12. The van der Waals surface area contributed by atoms with Crippen LogP contribution in [0.25, 0.3) is 0 Å². The van der Waals surface area contributed by atoms with E-state index in [4.69, 9.17) is 19.7 Å². The zero-order valence-electron chi connectivity index (χ0n) is 19.1. The highest BCUT2D eigenvalue weighted by molar-refractivity contribution is 5.90. The van der Waals surface area contributed by atoms with E-state index >= 15 is 0 Å². The number of carbonyl (C=O) groups is 2. The zero-order chi connectivity index (χ0) is 24.2. The van der Waals surface area contributed by atoms with Crippen LogP contribution < -0.4 is 9.47 Å². The van der Waals surface area contributed by atoms with E-state index < -0.39 is 25.2 Å². The van der Waals surface area contributed by atoms with E-state index in [1.165, 1.54) is 30.9 Å². The van der Waals surface area contributed by atoms with Gasteiger partial charge in [-0.3, -0.25) is 0 Å². The lowest BCUT2D eigenvalue weighted by Crippen LogP contribution is -2.15. The van der Waals surface area contributed by atoms with Gasteiger partial charge in [-0.1, -0.05) is 57.2 Å². The number of hydrogen-bond acceptors (Lipinski definition) is 6. The van der Waals surface area contributed by atoms with Crippen molar-refractivity contribution in [2.75, 3.05) is 13.2 Å². The molecule has 0 saturated heterocycles. The maximum Gasteiger partial charge on any atom is 0.341 e. The number of aliphatic hydroxyl groups excluding tert-OH is 2. The summed E-state index contributed by atoms with van der Waals surface area (Å²) in [6.07, 6.45) is 6.06. The lowest BCUT2D eigenvalue weighted by molar-refractivity contribution is -0.131. The molecule has 0 aliphatic rings. The van der Waals surface area contributed by atoms with E-state index in [-0.39, 0.29) is 22.6 Å². The number of rotatable bonds is 13.